The fourth-order valence-electron chi connectivity index (χ4n) is 1.66. The summed E-state index contributed by atoms with van der Waals surface area (Å²) in [6, 6.07) is 3.49. The summed E-state index contributed by atoms with van der Waals surface area (Å²) in [4.78, 5) is 4.01. The molecule has 1 aromatic carbocycles. The highest BCUT2D eigenvalue weighted by Crippen LogP contribution is 2.28. The Morgan fingerprint density at radius 3 is 2.83 bits per heavy atom. The van der Waals surface area contributed by atoms with E-state index in [1.807, 2.05) is 0 Å². The first kappa shape index (κ1) is 13.3. The van der Waals surface area contributed by atoms with Crippen LogP contribution in [0.4, 0.5) is 4.39 Å². The summed E-state index contributed by atoms with van der Waals surface area (Å²) < 4.78 is 38.9. The van der Waals surface area contributed by atoms with Gasteiger partial charge in [-0.3, -0.25) is 0 Å². The van der Waals surface area contributed by atoms with Gasteiger partial charge in [0.15, 0.2) is 0 Å². The summed E-state index contributed by atoms with van der Waals surface area (Å²) in [6.07, 6.45) is 0. The van der Waals surface area contributed by atoms with E-state index in [0.717, 1.165) is 4.31 Å². The van der Waals surface area contributed by atoms with Gasteiger partial charge in [-0.15, -0.1) is 0 Å². The summed E-state index contributed by atoms with van der Waals surface area (Å²) >= 11 is 3.21. The van der Waals surface area contributed by atoms with Gasteiger partial charge in [0.05, 0.1) is 11.8 Å². The van der Waals surface area contributed by atoms with Crippen LogP contribution in [-0.4, -0.2) is 31.5 Å². The maximum absolute atomic E-state index is 13.7. The van der Waals surface area contributed by atoms with E-state index >= 15 is 0 Å². The van der Waals surface area contributed by atoms with Crippen molar-refractivity contribution >= 4 is 31.9 Å². The molecule has 0 spiro atoms. The molecular formula is C10H11BrFN3O2S. The van der Waals surface area contributed by atoms with E-state index in [4.69, 9.17) is 5.73 Å². The molecular weight excluding hydrogens is 325 g/mol. The molecule has 1 heterocycles. The van der Waals surface area contributed by atoms with Crippen LogP contribution in [0.1, 0.15) is 11.6 Å². The Bertz CT molecular complexity index is 618. The summed E-state index contributed by atoms with van der Waals surface area (Å²) in [5.74, 6) is -0.928. The zero-order valence-corrected chi connectivity index (χ0v) is 11.9. The summed E-state index contributed by atoms with van der Waals surface area (Å²) in [5, 5.41) is 0. The van der Waals surface area contributed by atoms with Gasteiger partial charge in [0.1, 0.15) is 5.82 Å². The second kappa shape index (κ2) is 4.51. The zero-order chi connectivity index (χ0) is 13.5. The second-order valence-corrected chi connectivity index (χ2v) is 6.88. The normalized spacial score (nSPS) is 22.7. The van der Waals surface area contributed by atoms with Crippen LogP contribution in [0.5, 0.6) is 0 Å². The van der Waals surface area contributed by atoms with Gasteiger partial charge < -0.3 is 5.73 Å². The highest BCUT2D eigenvalue weighted by Gasteiger charge is 2.32. The van der Waals surface area contributed by atoms with Crippen molar-refractivity contribution < 1.29 is 12.8 Å². The first-order chi connectivity index (χ1) is 8.31. The van der Waals surface area contributed by atoms with E-state index in [9.17, 15) is 12.8 Å². The number of hydrogen-bond acceptors (Lipinski definition) is 4. The van der Waals surface area contributed by atoms with Crippen molar-refractivity contribution in [3.8, 4) is 0 Å². The number of nitrogens with two attached hydrogens (primary N) is 1. The van der Waals surface area contributed by atoms with Gasteiger partial charge in [0.2, 0.25) is 16.0 Å². The Morgan fingerprint density at radius 1 is 1.56 bits per heavy atom. The molecule has 0 aliphatic carbocycles. The fourth-order valence-corrected chi connectivity index (χ4v) is 3.25. The molecule has 18 heavy (non-hydrogen) atoms. The highest BCUT2D eigenvalue weighted by atomic mass is 79.9. The maximum atomic E-state index is 13.7. The third-order valence-corrected chi connectivity index (χ3v) is 4.97. The smallest absolute Gasteiger partial charge is 0.239 e. The topological polar surface area (TPSA) is 75.8 Å². The van der Waals surface area contributed by atoms with Crippen LogP contribution in [0.3, 0.4) is 0 Å². The molecule has 1 atom stereocenters. The van der Waals surface area contributed by atoms with Crippen molar-refractivity contribution in [1.29, 1.82) is 0 Å². The maximum Gasteiger partial charge on any atom is 0.239 e. The molecule has 2 N–H and O–H groups in total. The lowest BCUT2D eigenvalue weighted by Gasteiger charge is -2.27. The molecule has 0 saturated carbocycles. The van der Waals surface area contributed by atoms with Crippen LogP contribution >= 0.6 is 15.9 Å². The number of guanidine groups is 1. The fraction of sp³-hybridized carbons (Fsp3) is 0.300. The van der Waals surface area contributed by atoms with Gasteiger partial charge in [0, 0.05) is 17.1 Å². The van der Waals surface area contributed by atoms with Crippen molar-refractivity contribution in [2.45, 2.75) is 6.04 Å². The van der Waals surface area contributed by atoms with Crippen LogP contribution in [0.15, 0.2) is 27.7 Å². The lowest BCUT2D eigenvalue weighted by Crippen LogP contribution is -2.45. The molecule has 98 valence electrons. The Morgan fingerprint density at radius 2 is 2.22 bits per heavy atom. The minimum Gasteiger partial charge on any atom is -0.369 e. The molecule has 0 unspecified atom stereocenters. The zero-order valence-electron chi connectivity index (χ0n) is 9.47. The van der Waals surface area contributed by atoms with Crippen LogP contribution in [0.2, 0.25) is 0 Å². The molecule has 1 aliphatic rings. The summed E-state index contributed by atoms with van der Waals surface area (Å²) in [6.45, 7) is 0. The Labute approximate surface area is 113 Å². The quantitative estimate of drug-likeness (QED) is 0.838. The van der Waals surface area contributed by atoms with E-state index in [1.54, 1.807) is 0 Å². The summed E-state index contributed by atoms with van der Waals surface area (Å²) in [5.41, 5.74) is 5.74. The number of sulfonamides is 1. The molecule has 5 nitrogen and oxygen atoms in total. The van der Waals surface area contributed by atoms with E-state index in [2.05, 4.69) is 20.9 Å². The van der Waals surface area contributed by atoms with Gasteiger partial charge in [0.25, 0.3) is 0 Å². The molecule has 0 fully saturated rings. The van der Waals surface area contributed by atoms with Gasteiger partial charge >= 0.3 is 0 Å². The van der Waals surface area contributed by atoms with Gasteiger partial charge in [-0.05, 0) is 18.2 Å². The standard InChI is InChI=1S/C10H11BrFN3O2S/c1-15-10(13)14-9(5-18(15,16)17)7-4-6(11)2-3-8(7)12/h2-4,9H,5H2,1H3,(H2,13,14)/t9-/m0/s1. The molecule has 0 amide bonds. The molecule has 1 aromatic rings. The third-order valence-electron chi connectivity index (χ3n) is 2.71. The number of nitrogens with zero attached hydrogens (tertiary/aromatic N) is 2. The van der Waals surface area contributed by atoms with Crippen molar-refractivity contribution in [1.82, 2.24) is 4.31 Å². The Balaban J connectivity index is 2.50. The number of rotatable bonds is 1. The first-order valence-corrected chi connectivity index (χ1v) is 7.46. The molecule has 0 saturated heterocycles. The van der Waals surface area contributed by atoms with E-state index < -0.39 is 21.9 Å². The van der Waals surface area contributed by atoms with E-state index in [0.29, 0.717) is 4.47 Å². The minimum absolute atomic E-state index is 0.134. The van der Waals surface area contributed by atoms with Gasteiger partial charge in [-0.25, -0.2) is 22.1 Å². The molecule has 0 aromatic heterocycles. The number of aliphatic imine (C=N–C) groups is 1. The van der Waals surface area contributed by atoms with Crippen molar-refractivity contribution in [3.63, 3.8) is 0 Å². The van der Waals surface area contributed by atoms with Crippen molar-refractivity contribution in [2.75, 3.05) is 12.8 Å². The number of hydrogen-bond donors (Lipinski definition) is 1. The SMILES string of the molecule is CN1C(N)=N[C@H](c2cc(Br)ccc2F)CS1(=O)=O. The van der Waals surface area contributed by atoms with Crippen molar-refractivity contribution in [3.05, 3.63) is 34.1 Å². The number of halogens is 2. The lowest BCUT2D eigenvalue weighted by molar-refractivity contribution is 0.525. The van der Waals surface area contributed by atoms with Crippen LogP contribution in [-0.2, 0) is 10.0 Å². The average Bonchev–Trinajstić information content (AvgIpc) is 2.28. The molecule has 1 aliphatic heterocycles. The molecule has 8 heteroatoms. The highest BCUT2D eigenvalue weighted by molar-refractivity contribution is 9.10. The van der Waals surface area contributed by atoms with Crippen LogP contribution in [0.25, 0.3) is 0 Å². The average molecular weight is 336 g/mol. The van der Waals surface area contributed by atoms with Gasteiger partial charge in [-0.2, -0.15) is 0 Å². The minimum atomic E-state index is -3.54. The first-order valence-electron chi connectivity index (χ1n) is 5.06. The van der Waals surface area contributed by atoms with E-state index in [-0.39, 0.29) is 17.3 Å². The lowest BCUT2D eigenvalue weighted by atomic mass is 10.1. The van der Waals surface area contributed by atoms with Crippen molar-refractivity contribution in [2.24, 2.45) is 10.7 Å². The Hall–Kier alpha value is -1.15. The van der Waals surface area contributed by atoms with Gasteiger partial charge in [-0.1, -0.05) is 15.9 Å². The monoisotopic (exact) mass is 335 g/mol. The van der Waals surface area contributed by atoms with E-state index in [1.165, 1.54) is 25.2 Å². The third kappa shape index (κ3) is 2.35. The molecule has 0 radical (unpaired) electrons. The molecule has 0 bridgehead atoms. The van der Waals surface area contributed by atoms with Crippen LogP contribution in [0, 0.1) is 5.82 Å². The Kier molecular flexibility index (Phi) is 3.33. The predicted octanol–water partition coefficient (Wildman–Crippen LogP) is 1.22. The predicted molar refractivity (Wildman–Crippen MR) is 70.0 cm³/mol. The second-order valence-electron chi connectivity index (χ2n) is 3.91. The molecule has 2 rings (SSSR count). The summed E-state index contributed by atoms with van der Waals surface area (Å²) in [7, 11) is -2.22. The van der Waals surface area contributed by atoms with Crippen LogP contribution < -0.4 is 5.73 Å². The number of benzene rings is 1. The largest absolute Gasteiger partial charge is 0.369 e.